The Morgan fingerprint density at radius 3 is 2.94 bits per heavy atom. The maximum absolute atomic E-state index is 5.86. The molecule has 16 heavy (non-hydrogen) atoms. The fourth-order valence-corrected chi connectivity index (χ4v) is 1.40. The highest BCUT2D eigenvalue weighted by Crippen LogP contribution is 2.17. The van der Waals surface area contributed by atoms with Crippen LogP contribution in [0, 0.1) is 0 Å². The predicted octanol–water partition coefficient (Wildman–Crippen LogP) is 1.44. The molecular formula is C10H13ClN2O3. The number of halogens is 1. The fraction of sp³-hybridized carbons (Fsp3) is 0.600. The van der Waals surface area contributed by atoms with Crippen LogP contribution in [0.4, 0.5) is 0 Å². The van der Waals surface area contributed by atoms with Gasteiger partial charge in [0.1, 0.15) is 17.9 Å². The van der Waals surface area contributed by atoms with Crippen LogP contribution in [0.5, 0.6) is 5.88 Å². The van der Waals surface area contributed by atoms with Crippen LogP contribution in [0.2, 0.25) is 5.15 Å². The van der Waals surface area contributed by atoms with Gasteiger partial charge in [0.2, 0.25) is 5.88 Å². The van der Waals surface area contributed by atoms with E-state index >= 15 is 0 Å². The van der Waals surface area contributed by atoms with Gasteiger partial charge in [0.05, 0.1) is 13.2 Å². The van der Waals surface area contributed by atoms with E-state index in [4.69, 9.17) is 25.8 Å². The molecule has 5 nitrogen and oxygen atoms in total. The second-order valence-corrected chi connectivity index (χ2v) is 3.75. The van der Waals surface area contributed by atoms with Crippen LogP contribution < -0.4 is 4.74 Å². The lowest BCUT2D eigenvalue weighted by molar-refractivity contribution is -0.0815. The van der Waals surface area contributed by atoms with Crippen LogP contribution in [-0.2, 0) is 16.1 Å². The first kappa shape index (κ1) is 11.6. The van der Waals surface area contributed by atoms with E-state index < -0.39 is 0 Å². The first-order valence-corrected chi connectivity index (χ1v) is 5.51. The van der Waals surface area contributed by atoms with Crippen molar-refractivity contribution in [2.45, 2.75) is 19.6 Å². The number of nitrogens with zero attached hydrogens (tertiary/aromatic N) is 2. The summed E-state index contributed by atoms with van der Waals surface area (Å²) in [4.78, 5) is 8.24. The Bertz CT molecular complexity index is 358. The van der Waals surface area contributed by atoms with E-state index in [1.165, 1.54) is 0 Å². The molecule has 1 aliphatic heterocycles. The average molecular weight is 245 g/mol. The lowest BCUT2D eigenvalue weighted by atomic mass is 10.3. The summed E-state index contributed by atoms with van der Waals surface area (Å²) in [7, 11) is 0. The normalized spacial score (nSPS) is 15.9. The molecule has 1 aromatic heterocycles. The zero-order valence-electron chi connectivity index (χ0n) is 8.98. The third-order valence-corrected chi connectivity index (χ3v) is 2.24. The second-order valence-electron chi connectivity index (χ2n) is 3.36. The lowest BCUT2D eigenvalue weighted by Gasteiger charge is -2.26. The summed E-state index contributed by atoms with van der Waals surface area (Å²) in [6, 6.07) is 1.59. The number of aromatic nitrogens is 2. The largest absolute Gasteiger partial charge is 0.469 e. The van der Waals surface area contributed by atoms with Crippen molar-refractivity contribution in [1.29, 1.82) is 0 Å². The topological polar surface area (TPSA) is 53.5 Å². The summed E-state index contributed by atoms with van der Waals surface area (Å²) in [6.07, 6.45) is 0.0749. The first-order chi connectivity index (χ1) is 7.78. The molecule has 0 unspecified atom stereocenters. The fourth-order valence-electron chi connectivity index (χ4n) is 1.21. The number of hydrogen-bond acceptors (Lipinski definition) is 5. The van der Waals surface area contributed by atoms with Crippen molar-refractivity contribution in [3.63, 3.8) is 0 Å². The molecule has 0 bridgehead atoms. The van der Waals surface area contributed by atoms with Gasteiger partial charge >= 0.3 is 0 Å². The number of rotatable bonds is 5. The zero-order chi connectivity index (χ0) is 11.4. The molecule has 2 heterocycles. The van der Waals surface area contributed by atoms with Crippen LogP contribution in [0.25, 0.3) is 0 Å². The minimum Gasteiger partial charge on any atom is -0.469 e. The standard InChI is InChI=1S/C10H13ClN2O3/c1-2-14-6-9-12-8(11)3-10(13-9)16-7-4-15-5-7/h3,7H,2,4-6H2,1H3. The minimum atomic E-state index is 0.0749. The minimum absolute atomic E-state index is 0.0749. The van der Waals surface area contributed by atoms with Crippen LogP contribution in [0.1, 0.15) is 12.7 Å². The first-order valence-electron chi connectivity index (χ1n) is 5.13. The van der Waals surface area contributed by atoms with Crippen molar-refractivity contribution in [1.82, 2.24) is 9.97 Å². The maximum atomic E-state index is 5.86. The molecule has 0 atom stereocenters. The van der Waals surface area contributed by atoms with Crippen LogP contribution >= 0.6 is 11.6 Å². The molecule has 0 radical (unpaired) electrons. The molecule has 88 valence electrons. The molecule has 1 saturated heterocycles. The number of ether oxygens (including phenoxy) is 3. The van der Waals surface area contributed by atoms with Crippen molar-refractivity contribution >= 4 is 11.6 Å². The monoisotopic (exact) mass is 244 g/mol. The Morgan fingerprint density at radius 1 is 1.50 bits per heavy atom. The molecule has 1 fully saturated rings. The SMILES string of the molecule is CCOCc1nc(Cl)cc(OC2COC2)n1. The predicted molar refractivity (Wildman–Crippen MR) is 57.6 cm³/mol. The molecule has 0 aromatic carbocycles. The molecule has 0 saturated carbocycles. The van der Waals surface area contributed by atoms with Crippen molar-refractivity contribution < 1.29 is 14.2 Å². The van der Waals surface area contributed by atoms with Crippen molar-refractivity contribution in [2.24, 2.45) is 0 Å². The van der Waals surface area contributed by atoms with Gasteiger partial charge in [-0.2, -0.15) is 4.98 Å². The molecule has 1 aromatic rings. The van der Waals surface area contributed by atoms with Crippen molar-refractivity contribution in [2.75, 3.05) is 19.8 Å². The van der Waals surface area contributed by atoms with Crippen LogP contribution in [-0.4, -0.2) is 35.9 Å². The van der Waals surface area contributed by atoms with E-state index in [1.54, 1.807) is 6.07 Å². The van der Waals surface area contributed by atoms with Gasteiger partial charge in [-0.3, -0.25) is 0 Å². The van der Waals surface area contributed by atoms with Crippen molar-refractivity contribution in [3.05, 3.63) is 17.0 Å². The smallest absolute Gasteiger partial charge is 0.218 e. The van der Waals surface area contributed by atoms with Gasteiger partial charge in [-0.1, -0.05) is 11.6 Å². The Morgan fingerprint density at radius 2 is 2.31 bits per heavy atom. The van der Waals surface area contributed by atoms with E-state index in [2.05, 4.69) is 9.97 Å². The van der Waals surface area contributed by atoms with Crippen LogP contribution in [0.3, 0.4) is 0 Å². The maximum Gasteiger partial charge on any atom is 0.218 e. The summed E-state index contributed by atoms with van der Waals surface area (Å²) in [5.74, 6) is 1.01. The highest BCUT2D eigenvalue weighted by molar-refractivity contribution is 6.29. The molecule has 0 spiro atoms. The highest BCUT2D eigenvalue weighted by Gasteiger charge is 2.21. The van der Waals surface area contributed by atoms with E-state index in [0.717, 1.165) is 0 Å². The van der Waals surface area contributed by atoms with E-state index in [1.807, 2.05) is 6.92 Å². The van der Waals surface area contributed by atoms with Gasteiger partial charge in [-0.15, -0.1) is 0 Å². The summed E-state index contributed by atoms with van der Waals surface area (Å²) >= 11 is 5.86. The molecule has 0 amide bonds. The van der Waals surface area contributed by atoms with Gasteiger partial charge in [0, 0.05) is 12.7 Å². The van der Waals surface area contributed by atoms with Gasteiger partial charge in [0.15, 0.2) is 5.82 Å². The Labute approximate surface area is 98.7 Å². The van der Waals surface area contributed by atoms with Gasteiger partial charge in [0.25, 0.3) is 0 Å². The van der Waals surface area contributed by atoms with Crippen molar-refractivity contribution in [3.8, 4) is 5.88 Å². The average Bonchev–Trinajstić information content (AvgIpc) is 2.20. The molecule has 0 N–H and O–H groups in total. The van der Waals surface area contributed by atoms with E-state index in [9.17, 15) is 0 Å². The summed E-state index contributed by atoms with van der Waals surface area (Å²) in [6.45, 7) is 4.07. The van der Waals surface area contributed by atoms with Gasteiger partial charge < -0.3 is 14.2 Å². The highest BCUT2D eigenvalue weighted by atomic mass is 35.5. The Kier molecular flexibility index (Phi) is 3.93. The summed E-state index contributed by atoms with van der Waals surface area (Å²) in [5, 5.41) is 0.361. The molecule has 0 aliphatic carbocycles. The van der Waals surface area contributed by atoms with Crippen LogP contribution in [0.15, 0.2) is 6.07 Å². The van der Waals surface area contributed by atoms with Gasteiger partial charge in [-0.05, 0) is 6.92 Å². The third kappa shape index (κ3) is 3.04. The number of hydrogen-bond donors (Lipinski definition) is 0. The molecule has 6 heteroatoms. The second kappa shape index (κ2) is 5.43. The van der Waals surface area contributed by atoms with Gasteiger partial charge in [-0.25, -0.2) is 4.98 Å². The van der Waals surface area contributed by atoms with E-state index in [-0.39, 0.29) is 6.10 Å². The quantitative estimate of drug-likeness (QED) is 0.734. The molecule has 2 rings (SSSR count). The summed E-state index contributed by atoms with van der Waals surface area (Å²) in [5.41, 5.74) is 0. The zero-order valence-corrected chi connectivity index (χ0v) is 9.74. The summed E-state index contributed by atoms with van der Waals surface area (Å²) < 4.78 is 15.8. The third-order valence-electron chi connectivity index (χ3n) is 2.05. The van der Waals surface area contributed by atoms with E-state index in [0.29, 0.717) is 43.3 Å². The molecule has 1 aliphatic rings. The lowest BCUT2D eigenvalue weighted by Crippen LogP contribution is -2.38. The Balaban J connectivity index is 2.02. The molecular weight excluding hydrogens is 232 g/mol. The Hall–Kier alpha value is -0.910.